The van der Waals surface area contributed by atoms with Crippen molar-refractivity contribution in [2.24, 2.45) is 5.11 Å². The first-order chi connectivity index (χ1) is 8.27. The first-order valence-electron chi connectivity index (χ1n) is 5.07. The Kier molecular flexibility index (Phi) is 5.08. The van der Waals surface area contributed by atoms with E-state index >= 15 is 0 Å². The maximum Gasteiger partial charge on any atom is 0.251 e. The molecule has 0 radical (unpaired) electrons. The highest BCUT2D eigenvalue weighted by molar-refractivity contribution is 5.94. The zero-order valence-corrected chi connectivity index (χ0v) is 9.13. The largest absolute Gasteiger partial charge is 0.352 e. The Morgan fingerprint density at radius 3 is 3.12 bits per heavy atom. The summed E-state index contributed by atoms with van der Waals surface area (Å²) in [5.41, 5.74) is 8.95. The van der Waals surface area contributed by atoms with Crippen LogP contribution in [0.1, 0.15) is 22.3 Å². The molecule has 0 spiro atoms. The van der Waals surface area contributed by atoms with Crippen molar-refractivity contribution in [1.29, 1.82) is 5.26 Å². The topological polar surface area (TPSA) is 102 Å². The number of carbonyl (C=O) groups is 1. The highest BCUT2D eigenvalue weighted by Crippen LogP contribution is 2.03. The maximum atomic E-state index is 11.6. The Bertz CT molecular complexity index is 485. The lowest BCUT2D eigenvalue weighted by molar-refractivity contribution is 0.0953. The predicted octanol–water partition coefficient (Wildman–Crippen LogP) is 1.99. The van der Waals surface area contributed by atoms with Gasteiger partial charge in [-0.25, -0.2) is 0 Å². The fourth-order valence-electron chi connectivity index (χ4n) is 1.23. The molecule has 1 aromatic carbocycles. The average molecular weight is 229 g/mol. The van der Waals surface area contributed by atoms with Crippen LogP contribution >= 0.6 is 0 Å². The fourth-order valence-corrected chi connectivity index (χ4v) is 1.23. The molecule has 6 nitrogen and oxygen atoms in total. The van der Waals surface area contributed by atoms with Crippen LogP contribution in [0.15, 0.2) is 29.4 Å². The minimum atomic E-state index is -0.233. The van der Waals surface area contributed by atoms with Crippen molar-refractivity contribution >= 4 is 5.91 Å². The number of hydrogen-bond acceptors (Lipinski definition) is 3. The van der Waals surface area contributed by atoms with E-state index in [0.717, 1.165) is 0 Å². The van der Waals surface area contributed by atoms with Gasteiger partial charge in [0.15, 0.2) is 0 Å². The van der Waals surface area contributed by atoms with Crippen molar-refractivity contribution in [2.45, 2.75) is 6.42 Å². The molecule has 1 aromatic rings. The molecule has 6 heteroatoms. The van der Waals surface area contributed by atoms with E-state index in [1.807, 2.05) is 6.07 Å². The lowest BCUT2D eigenvalue weighted by Crippen LogP contribution is -2.24. The number of carbonyl (C=O) groups excluding carboxylic acids is 1. The smallest absolute Gasteiger partial charge is 0.251 e. The molecule has 86 valence electrons. The summed E-state index contributed by atoms with van der Waals surface area (Å²) in [6, 6.07) is 8.44. The molecule has 0 saturated heterocycles. The van der Waals surface area contributed by atoms with E-state index in [1.54, 1.807) is 18.2 Å². The third-order valence-electron chi connectivity index (χ3n) is 2.04. The van der Waals surface area contributed by atoms with Crippen molar-refractivity contribution in [3.05, 3.63) is 45.8 Å². The van der Waals surface area contributed by atoms with E-state index < -0.39 is 0 Å². The molecule has 0 heterocycles. The second kappa shape index (κ2) is 6.88. The molecule has 0 saturated carbocycles. The Hall–Kier alpha value is -2.51. The number of nitrogens with zero attached hydrogens (tertiary/aromatic N) is 4. The fraction of sp³-hybridized carbons (Fsp3) is 0.273. The molecular formula is C11H11N5O. The number of amides is 1. The zero-order chi connectivity index (χ0) is 12.5. The highest BCUT2D eigenvalue weighted by atomic mass is 16.1. The Labute approximate surface area is 98.5 Å². The van der Waals surface area contributed by atoms with Crippen molar-refractivity contribution in [1.82, 2.24) is 5.32 Å². The third-order valence-corrected chi connectivity index (χ3v) is 2.04. The third kappa shape index (κ3) is 4.24. The average Bonchev–Trinajstić information content (AvgIpc) is 2.38. The number of nitriles is 1. The van der Waals surface area contributed by atoms with Gasteiger partial charge in [0.1, 0.15) is 0 Å². The van der Waals surface area contributed by atoms with Gasteiger partial charge in [-0.05, 0) is 30.2 Å². The molecule has 1 N–H and O–H groups in total. The zero-order valence-electron chi connectivity index (χ0n) is 9.13. The summed E-state index contributed by atoms with van der Waals surface area (Å²) >= 11 is 0. The molecule has 0 atom stereocenters. The van der Waals surface area contributed by atoms with Gasteiger partial charge in [0.25, 0.3) is 5.91 Å². The molecule has 0 fully saturated rings. The van der Waals surface area contributed by atoms with Gasteiger partial charge in [-0.2, -0.15) is 5.26 Å². The Morgan fingerprint density at radius 1 is 1.59 bits per heavy atom. The number of rotatable bonds is 5. The molecule has 1 rings (SSSR count). The summed E-state index contributed by atoms with van der Waals surface area (Å²) in [4.78, 5) is 14.2. The van der Waals surface area contributed by atoms with Crippen LogP contribution in [0.25, 0.3) is 10.4 Å². The summed E-state index contributed by atoms with van der Waals surface area (Å²) in [5, 5.41) is 14.7. The van der Waals surface area contributed by atoms with Crippen LogP contribution in [0.5, 0.6) is 0 Å². The van der Waals surface area contributed by atoms with E-state index in [2.05, 4.69) is 15.3 Å². The molecule has 0 aliphatic carbocycles. The van der Waals surface area contributed by atoms with Crippen LogP contribution in [-0.2, 0) is 0 Å². The minimum Gasteiger partial charge on any atom is -0.352 e. The molecule has 0 aromatic heterocycles. The molecule has 0 aliphatic heterocycles. The van der Waals surface area contributed by atoms with Crippen LogP contribution in [-0.4, -0.2) is 19.0 Å². The standard InChI is InChI=1S/C11H11N5O/c12-8-9-3-1-4-10(7-9)11(17)14-5-2-6-15-16-13/h1,3-4,7H,2,5-6H2,(H,14,17). The van der Waals surface area contributed by atoms with Gasteiger partial charge in [0, 0.05) is 23.6 Å². The predicted molar refractivity (Wildman–Crippen MR) is 62.1 cm³/mol. The first kappa shape index (κ1) is 12.6. The molecule has 1 amide bonds. The lowest BCUT2D eigenvalue weighted by atomic mass is 10.1. The van der Waals surface area contributed by atoms with Crippen molar-refractivity contribution in [3.63, 3.8) is 0 Å². The van der Waals surface area contributed by atoms with Crippen LogP contribution in [0.3, 0.4) is 0 Å². The van der Waals surface area contributed by atoms with Crippen molar-refractivity contribution < 1.29 is 4.79 Å². The van der Waals surface area contributed by atoms with Gasteiger partial charge in [0.2, 0.25) is 0 Å². The number of nitrogens with one attached hydrogen (secondary N) is 1. The van der Waals surface area contributed by atoms with Crippen molar-refractivity contribution in [3.8, 4) is 6.07 Å². The summed E-state index contributed by atoms with van der Waals surface area (Å²) in [6.45, 7) is 0.795. The highest BCUT2D eigenvalue weighted by Gasteiger charge is 2.04. The van der Waals surface area contributed by atoms with Gasteiger partial charge in [-0.3, -0.25) is 4.79 Å². The summed E-state index contributed by atoms with van der Waals surface area (Å²) < 4.78 is 0. The second-order valence-corrected chi connectivity index (χ2v) is 3.26. The van der Waals surface area contributed by atoms with E-state index in [-0.39, 0.29) is 5.91 Å². The molecular weight excluding hydrogens is 218 g/mol. The van der Waals surface area contributed by atoms with Gasteiger partial charge in [-0.15, -0.1) is 0 Å². The number of azide groups is 1. The first-order valence-corrected chi connectivity index (χ1v) is 5.07. The van der Waals surface area contributed by atoms with Crippen LogP contribution < -0.4 is 5.32 Å². The summed E-state index contributed by atoms with van der Waals surface area (Å²) in [5.74, 6) is -0.233. The number of hydrogen-bond donors (Lipinski definition) is 1. The van der Waals surface area contributed by atoms with Gasteiger partial charge in [-0.1, -0.05) is 11.2 Å². The normalized spacial score (nSPS) is 8.88. The van der Waals surface area contributed by atoms with Crippen molar-refractivity contribution in [2.75, 3.05) is 13.1 Å². The van der Waals surface area contributed by atoms with E-state index in [4.69, 9.17) is 10.8 Å². The Balaban J connectivity index is 2.47. The van der Waals surface area contributed by atoms with Gasteiger partial charge >= 0.3 is 0 Å². The second-order valence-electron chi connectivity index (χ2n) is 3.26. The summed E-state index contributed by atoms with van der Waals surface area (Å²) in [7, 11) is 0. The van der Waals surface area contributed by atoms with E-state index in [1.165, 1.54) is 6.07 Å². The lowest BCUT2D eigenvalue weighted by Gasteiger charge is -2.03. The minimum absolute atomic E-state index is 0.233. The van der Waals surface area contributed by atoms with E-state index in [9.17, 15) is 4.79 Å². The Morgan fingerprint density at radius 2 is 2.41 bits per heavy atom. The summed E-state index contributed by atoms with van der Waals surface area (Å²) in [6.07, 6.45) is 0.591. The molecule has 17 heavy (non-hydrogen) atoms. The van der Waals surface area contributed by atoms with Gasteiger partial charge in [0.05, 0.1) is 11.6 Å². The van der Waals surface area contributed by atoms with Crippen LogP contribution in [0, 0.1) is 11.3 Å². The monoisotopic (exact) mass is 229 g/mol. The maximum absolute atomic E-state index is 11.6. The number of benzene rings is 1. The van der Waals surface area contributed by atoms with Crippen LogP contribution in [0.4, 0.5) is 0 Å². The molecule has 0 bridgehead atoms. The molecule has 0 aliphatic rings. The van der Waals surface area contributed by atoms with Crippen LogP contribution in [0.2, 0.25) is 0 Å². The van der Waals surface area contributed by atoms with Gasteiger partial charge < -0.3 is 5.32 Å². The SMILES string of the molecule is N#Cc1cccc(C(=O)NCCCN=[N+]=[N-])c1. The molecule has 0 unspecified atom stereocenters. The quantitative estimate of drug-likeness (QED) is 0.361. The van der Waals surface area contributed by atoms with E-state index in [0.29, 0.717) is 30.6 Å².